The number of benzene rings is 3. The molecule has 3 rings (SSSR count). The van der Waals surface area contributed by atoms with E-state index in [0.717, 1.165) is 25.0 Å². The van der Waals surface area contributed by atoms with Gasteiger partial charge in [-0.15, -0.1) is 0 Å². The van der Waals surface area contributed by atoms with Crippen LogP contribution in [0.3, 0.4) is 0 Å². The maximum atomic E-state index is 12.8. The Kier molecular flexibility index (Phi) is 9.76. The van der Waals surface area contributed by atoms with Gasteiger partial charge in [0.05, 0.1) is 0 Å². The molecule has 0 unspecified atom stereocenters. The molecule has 0 aliphatic rings. The van der Waals surface area contributed by atoms with Crippen LogP contribution in [-0.2, 0) is 19.2 Å². The monoisotopic (exact) mass is 518 g/mol. The van der Waals surface area contributed by atoms with Crippen LogP contribution in [0.2, 0.25) is 0 Å². The molecule has 3 aromatic carbocycles. The van der Waals surface area contributed by atoms with Gasteiger partial charge in [0.1, 0.15) is 11.5 Å². The van der Waals surface area contributed by atoms with Gasteiger partial charge in [0, 0.05) is 44.8 Å². The lowest BCUT2D eigenvalue weighted by Gasteiger charge is -2.15. The summed E-state index contributed by atoms with van der Waals surface area (Å²) in [5, 5.41) is 20.8. The molecular formula is C30H30O8. The first kappa shape index (κ1) is 28.1. The molecule has 38 heavy (non-hydrogen) atoms. The first-order chi connectivity index (χ1) is 18.3. The second-order valence-corrected chi connectivity index (χ2v) is 8.75. The average molecular weight is 519 g/mol. The Hall–Kier alpha value is -4.46. The molecule has 8 nitrogen and oxygen atoms in total. The van der Waals surface area contributed by atoms with Crippen LogP contribution in [0, 0.1) is 0 Å². The number of carboxylic acids is 2. The summed E-state index contributed by atoms with van der Waals surface area (Å²) in [6.45, 7) is 3.85. The van der Waals surface area contributed by atoms with Crippen molar-refractivity contribution in [3.63, 3.8) is 0 Å². The molecule has 0 saturated carbocycles. The molecule has 198 valence electrons. The second kappa shape index (κ2) is 13.2. The maximum absolute atomic E-state index is 12.8. The minimum atomic E-state index is -1.18. The van der Waals surface area contributed by atoms with Gasteiger partial charge in [-0.3, -0.25) is 0 Å². The van der Waals surface area contributed by atoms with Crippen molar-refractivity contribution in [2.45, 2.75) is 52.4 Å². The Labute approximate surface area is 220 Å². The van der Waals surface area contributed by atoms with Crippen molar-refractivity contribution >= 4 is 45.4 Å². The van der Waals surface area contributed by atoms with Crippen molar-refractivity contribution in [2.75, 3.05) is 0 Å². The smallest absolute Gasteiger partial charge is 0.336 e. The molecule has 2 N–H and O–H groups in total. The molecule has 0 spiro atoms. The lowest BCUT2D eigenvalue weighted by molar-refractivity contribution is -0.134. The fraction of sp³-hybridized carbons (Fsp3) is 0.267. The largest absolute Gasteiger partial charge is 0.478 e. The number of esters is 2. The zero-order valence-electron chi connectivity index (χ0n) is 21.4. The molecule has 3 aromatic rings. The highest BCUT2D eigenvalue weighted by molar-refractivity contribution is 6.13. The van der Waals surface area contributed by atoms with Gasteiger partial charge in [-0.2, -0.15) is 0 Å². The zero-order valence-corrected chi connectivity index (χ0v) is 21.4. The van der Waals surface area contributed by atoms with Gasteiger partial charge in [-0.05, 0) is 25.7 Å². The summed E-state index contributed by atoms with van der Waals surface area (Å²) >= 11 is 0. The normalized spacial score (nSPS) is 11.9. The Balaban J connectivity index is 2.09. The number of ether oxygens (including phenoxy) is 2. The van der Waals surface area contributed by atoms with E-state index in [1.165, 1.54) is 0 Å². The number of carbonyl (C=O) groups excluding carboxylic acids is 2. The molecule has 0 aromatic heterocycles. The van der Waals surface area contributed by atoms with Crippen molar-refractivity contribution in [3.05, 3.63) is 71.8 Å². The van der Waals surface area contributed by atoms with E-state index in [-0.39, 0.29) is 35.5 Å². The SMILES string of the molecule is CCCCC(=CC(=O)Oc1c2ccccc2c(OC(=O)C=C(CCCC)C(=O)O)c2ccccc12)C(=O)O. The van der Waals surface area contributed by atoms with Crippen LogP contribution in [0.1, 0.15) is 52.4 Å². The molecule has 0 aliphatic heterocycles. The Morgan fingerprint density at radius 3 is 1.21 bits per heavy atom. The summed E-state index contributed by atoms with van der Waals surface area (Å²) in [4.78, 5) is 48.8. The highest BCUT2D eigenvalue weighted by Gasteiger charge is 2.20. The predicted molar refractivity (Wildman–Crippen MR) is 143 cm³/mol. The topological polar surface area (TPSA) is 127 Å². The molecule has 0 radical (unpaired) electrons. The number of carbonyl (C=O) groups is 4. The van der Waals surface area contributed by atoms with Crippen molar-refractivity contribution in [2.24, 2.45) is 0 Å². The third-order valence-electron chi connectivity index (χ3n) is 5.97. The highest BCUT2D eigenvalue weighted by Crippen LogP contribution is 2.43. The number of carboxylic acid groups (broad SMARTS) is 2. The van der Waals surface area contributed by atoms with E-state index >= 15 is 0 Å². The van der Waals surface area contributed by atoms with Gasteiger partial charge in [-0.25, -0.2) is 19.2 Å². The van der Waals surface area contributed by atoms with Gasteiger partial charge < -0.3 is 19.7 Å². The number of rotatable bonds is 12. The van der Waals surface area contributed by atoms with Crippen molar-refractivity contribution < 1.29 is 38.9 Å². The molecule has 0 heterocycles. The van der Waals surface area contributed by atoms with Gasteiger partial charge >= 0.3 is 23.9 Å². The third-order valence-corrected chi connectivity index (χ3v) is 5.97. The van der Waals surface area contributed by atoms with Gasteiger partial charge in [0.2, 0.25) is 0 Å². The van der Waals surface area contributed by atoms with Crippen LogP contribution in [-0.4, -0.2) is 34.1 Å². The first-order valence-electron chi connectivity index (χ1n) is 12.5. The van der Waals surface area contributed by atoms with Crippen molar-refractivity contribution in [1.82, 2.24) is 0 Å². The van der Waals surface area contributed by atoms with Crippen molar-refractivity contribution in [3.8, 4) is 11.5 Å². The number of hydrogen-bond acceptors (Lipinski definition) is 6. The quantitative estimate of drug-likeness (QED) is 0.125. The summed E-state index contributed by atoms with van der Waals surface area (Å²) in [5.41, 5.74) is -0.0831. The van der Waals surface area contributed by atoms with Gasteiger partial charge in [-0.1, -0.05) is 75.2 Å². The Bertz CT molecular complexity index is 1270. The summed E-state index contributed by atoms with van der Waals surface area (Å²) in [7, 11) is 0. The zero-order chi connectivity index (χ0) is 27.7. The van der Waals surface area contributed by atoms with E-state index in [0.29, 0.717) is 34.4 Å². The van der Waals surface area contributed by atoms with Crippen LogP contribution in [0.5, 0.6) is 11.5 Å². The highest BCUT2D eigenvalue weighted by atomic mass is 16.5. The van der Waals surface area contributed by atoms with Gasteiger partial charge in [0.15, 0.2) is 0 Å². The third kappa shape index (κ3) is 6.85. The molecule has 0 fully saturated rings. The van der Waals surface area contributed by atoms with Crippen LogP contribution in [0.15, 0.2) is 71.8 Å². The lowest BCUT2D eigenvalue weighted by Crippen LogP contribution is -2.11. The Morgan fingerprint density at radius 1 is 0.632 bits per heavy atom. The number of unbranched alkanes of at least 4 members (excludes halogenated alkanes) is 2. The van der Waals surface area contributed by atoms with Crippen LogP contribution in [0.4, 0.5) is 0 Å². The fourth-order valence-corrected chi connectivity index (χ4v) is 4.03. The molecular weight excluding hydrogens is 488 g/mol. The van der Waals surface area contributed by atoms with E-state index in [2.05, 4.69) is 0 Å². The average Bonchev–Trinajstić information content (AvgIpc) is 2.90. The van der Waals surface area contributed by atoms with E-state index < -0.39 is 23.9 Å². The molecule has 0 amide bonds. The molecule has 0 saturated heterocycles. The van der Waals surface area contributed by atoms with E-state index in [1.807, 2.05) is 13.8 Å². The molecule has 8 heteroatoms. The summed E-state index contributed by atoms with van der Waals surface area (Å²) in [5.74, 6) is -3.63. The number of hydrogen-bond donors (Lipinski definition) is 2. The summed E-state index contributed by atoms with van der Waals surface area (Å²) in [6.07, 6.45) is 5.24. The van der Waals surface area contributed by atoms with E-state index in [4.69, 9.17) is 9.47 Å². The molecule has 0 atom stereocenters. The van der Waals surface area contributed by atoms with Crippen LogP contribution < -0.4 is 9.47 Å². The fourth-order valence-electron chi connectivity index (χ4n) is 4.03. The standard InChI is InChI=1S/C30H30O8/c1-3-5-11-19(29(33)34)17-25(31)37-27-21-13-7-9-15-23(21)28(24-16-10-8-14-22(24)27)38-26(32)18-20(30(35)36)12-6-4-2/h7-10,13-18H,3-6,11-12H2,1-2H3,(H,33,34)(H,35,36). The van der Waals surface area contributed by atoms with Crippen LogP contribution in [0.25, 0.3) is 21.5 Å². The molecule has 0 aliphatic carbocycles. The molecule has 0 bridgehead atoms. The maximum Gasteiger partial charge on any atom is 0.336 e. The van der Waals surface area contributed by atoms with Crippen LogP contribution >= 0.6 is 0 Å². The van der Waals surface area contributed by atoms with Gasteiger partial charge in [0.25, 0.3) is 0 Å². The van der Waals surface area contributed by atoms with E-state index in [1.54, 1.807) is 48.5 Å². The number of fused-ring (bicyclic) bond motifs is 2. The first-order valence-corrected chi connectivity index (χ1v) is 12.5. The summed E-state index contributed by atoms with van der Waals surface area (Å²) < 4.78 is 11.4. The summed E-state index contributed by atoms with van der Waals surface area (Å²) in [6, 6.07) is 13.7. The number of aliphatic carboxylic acids is 2. The second-order valence-electron chi connectivity index (χ2n) is 8.75. The Morgan fingerprint density at radius 2 is 0.947 bits per heavy atom. The minimum absolute atomic E-state index is 0.0416. The lowest BCUT2D eigenvalue weighted by atomic mass is 10.0. The van der Waals surface area contributed by atoms with E-state index in [9.17, 15) is 29.4 Å². The minimum Gasteiger partial charge on any atom is -0.478 e. The van der Waals surface area contributed by atoms with Crippen molar-refractivity contribution in [1.29, 1.82) is 0 Å². The predicted octanol–water partition coefficient (Wildman–Crippen LogP) is 6.21.